The summed E-state index contributed by atoms with van der Waals surface area (Å²) >= 11 is 1.39. The zero-order valence-electron chi connectivity index (χ0n) is 26.3. The molecule has 5 rings (SSSR count). The largest absolute Gasteiger partial charge is 0.502 e. The van der Waals surface area contributed by atoms with Crippen LogP contribution in [0.15, 0.2) is 42.5 Å². The van der Waals surface area contributed by atoms with Crippen molar-refractivity contribution < 1.29 is 43.1 Å². The Labute approximate surface area is 258 Å². The second-order valence-electron chi connectivity index (χ2n) is 9.48. The van der Waals surface area contributed by atoms with Gasteiger partial charge in [-0.2, -0.15) is 0 Å². The fourth-order valence-electron chi connectivity index (χ4n) is 4.55. The molecule has 1 aliphatic carbocycles. The van der Waals surface area contributed by atoms with Gasteiger partial charge in [0.25, 0.3) is 0 Å². The second-order valence-corrected chi connectivity index (χ2v) is 10.8. The molecule has 0 saturated heterocycles. The number of thiophene rings is 1. The van der Waals surface area contributed by atoms with Gasteiger partial charge in [-0.05, 0) is 55.3 Å². The van der Waals surface area contributed by atoms with Gasteiger partial charge in [0.1, 0.15) is 17.3 Å². The molecule has 0 spiro atoms. The number of benzene rings is 2. The standard InChI is InChI=1S/C20H20O6S.C8H10O3.C3H8.C2H6/c1-11-3-4-18(27-11)20(22)26-19-14-7-17-16(24-10-25-17)6-12(14)5-13(8-21)15(19)9-23-2;1-10-6-4-3-5-7(11-2)8(6)9;1-3-2;1-2/h3-4,6-8,13,15,19H,5,9-10H2,1-2H3;3-5,9H,1-2H3;3H2,1-2H3;1-2H3/t13-,15?,19?;;;/m0.../s1. The van der Waals surface area contributed by atoms with E-state index in [2.05, 4.69) is 13.8 Å². The monoisotopic (exact) mass is 616 g/mol. The van der Waals surface area contributed by atoms with E-state index in [0.717, 1.165) is 22.3 Å². The molecule has 1 N–H and O–H groups in total. The van der Waals surface area contributed by atoms with Crippen molar-refractivity contribution in [2.75, 3.05) is 34.7 Å². The lowest BCUT2D eigenvalue weighted by Gasteiger charge is -2.36. The highest BCUT2D eigenvalue weighted by atomic mass is 32.1. The van der Waals surface area contributed by atoms with Gasteiger partial charge in [0, 0.05) is 29.4 Å². The molecule has 236 valence electrons. The summed E-state index contributed by atoms with van der Waals surface area (Å²) in [6, 6.07) is 12.5. The van der Waals surface area contributed by atoms with Crippen LogP contribution >= 0.6 is 11.3 Å². The summed E-state index contributed by atoms with van der Waals surface area (Å²) in [6.07, 6.45) is 2.14. The number of fused-ring (bicyclic) bond motifs is 2. The number of aldehydes is 1. The van der Waals surface area contributed by atoms with E-state index in [-0.39, 0.29) is 24.4 Å². The Morgan fingerprint density at radius 2 is 1.63 bits per heavy atom. The van der Waals surface area contributed by atoms with Crippen LogP contribution in [0.5, 0.6) is 28.7 Å². The van der Waals surface area contributed by atoms with Gasteiger partial charge in [0.15, 0.2) is 23.0 Å². The predicted molar refractivity (Wildman–Crippen MR) is 167 cm³/mol. The van der Waals surface area contributed by atoms with Gasteiger partial charge in [-0.3, -0.25) is 0 Å². The van der Waals surface area contributed by atoms with Crippen molar-refractivity contribution in [1.82, 2.24) is 0 Å². The van der Waals surface area contributed by atoms with Crippen molar-refractivity contribution in [2.24, 2.45) is 11.8 Å². The number of ether oxygens (including phenoxy) is 6. The Morgan fingerprint density at radius 3 is 2.14 bits per heavy atom. The molecular weight excluding hydrogens is 572 g/mol. The van der Waals surface area contributed by atoms with Crippen molar-refractivity contribution in [2.45, 2.75) is 53.6 Å². The number of carbonyl (C=O) groups excluding carboxylic acids is 2. The third kappa shape index (κ3) is 9.11. The summed E-state index contributed by atoms with van der Waals surface area (Å²) < 4.78 is 31.9. The van der Waals surface area contributed by atoms with Crippen molar-refractivity contribution >= 4 is 23.6 Å². The summed E-state index contributed by atoms with van der Waals surface area (Å²) in [7, 11) is 4.57. The van der Waals surface area contributed by atoms with E-state index >= 15 is 0 Å². The molecule has 2 aliphatic rings. The minimum atomic E-state index is -0.590. The summed E-state index contributed by atoms with van der Waals surface area (Å²) in [6.45, 7) is 10.7. The van der Waals surface area contributed by atoms with Crippen LogP contribution in [0.3, 0.4) is 0 Å². The van der Waals surface area contributed by atoms with Gasteiger partial charge in [-0.25, -0.2) is 4.79 Å². The van der Waals surface area contributed by atoms with E-state index in [9.17, 15) is 14.7 Å². The van der Waals surface area contributed by atoms with E-state index < -0.39 is 12.1 Å². The minimum absolute atomic E-state index is 0.0394. The number of methoxy groups -OCH3 is 3. The maximum atomic E-state index is 12.7. The van der Waals surface area contributed by atoms with Gasteiger partial charge in [0.05, 0.1) is 20.8 Å². The number of phenols is 1. The lowest BCUT2D eigenvalue weighted by atomic mass is 9.74. The van der Waals surface area contributed by atoms with Crippen molar-refractivity contribution in [1.29, 1.82) is 0 Å². The van der Waals surface area contributed by atoms with Crippen LogP contribution in [0.4, 0.5) is 0 Å². The van der Waals surface area contributed by atoms with E-state index in [1.165, 1.54) is 32.0 Å². The van der Waals surface area contributed by atoms with Crippen LogP contribution in [0.2, 0.25) is 0 Å². The number of esters is 1. The molecule has 2 unspecified atom stereocenters. The van der Waals surface area contributed by atoms with Gasteiger partial charge in [-0.1, -0.05) is 40.2 Å². The van der Waals surface area contributed by atoms with Crippen molar-refractivity contribution in [3.05, 3.63) is 63.3 Å². The van der Waals surface area contributed by atoms with E-state index in [1.807, 2.05) is 39.0 Å². The smallest absolute Gasteiger partial charge is 0.348 e. The molecule has 2 heterocycles. The number of aromatic hydroxyl groups is 1. The quantitative estimate of drug-likeness (QED) is 0.218. The highest BCUT2D eigenvalue weighted by Gasteiger charge is 2.40. The molecular formula is C33H44O9S. The molecule has 0 radical (unpaired) electrons. The van der Waals surface area contributed by atoms with Gasteiger partial charge < -0.3 is 38.3 Å². The fourth-order valence-corrected chi connectivity index (χ4v) is 5.30. The van der Waals surface area contributed by atoms with Gasteiger partial charge in [0.2, 0.25) is 12.5 Å². The molecule has 1 aliphatic heterocycles. The molecule has 0 amide bonds. The first kappa shape index (κ1) is 35.4. The van der Waals surface area contributed by atoms with Crippen LogP contribution in [0.1, 0.15) is 65.9 Å². The number of phenolic OH excluding ortho intramolecular Hbond substituents is 1. The zero-order valence-corrected chi connectivity index (χ0v) is 27.1. The maximum absolute atomic E-state index is 12.7. The summed E-state index contributed by atoms with van der Waals surface area (Å²) in [5, 5.41) is 9.34. The molecule has 0 bridgehead atoms. The average molecular weight is 617 g/mol. The van der Waals surface area contributed by atoms with Gasteiger partial charge >= 0.3 is 5.97 Å². The number of hydrogen-bond acceptors (Lipinski definition) is 10. The Morgan fingerprint density at radius 1 is 1.02 bits per heavy atom. The van der Waals surface area contributed by atoms with Crippen molar-refractivity contribution in [3.8, 4) is 28.7 Å². The number of para-hydroxylation sites is 1. The molecule has 43 heavy (non-hydrogen) atoms. The van der Waals surface area contributed by atoms with E-state index in [4.69, 9.17) is 28.4 Å². The average Bonchev–Trinajstić information content (AvgIpc) is 3.67. The number of hydrogen-bond donors (Lipinski definition) is 1. The normalized spacial score (nSPS) is 17.3. The predicted octanol–water partition coefficient (Wildman–Crippen LogP) is 7.17. The summed E-state index contributed by atoms with van der Waals surface area (Å²) in [5.74, 6) is 1.21. The van der Waals surface area contributed by atoms with Crippen LogP contribution in [-0.2, 0) is 20.7 Å². The third-order valence-electron chi connectivity index (χ3n) is 6.45. The van der Waals surface area contributed by atoms with E-state index in [1.54, 1.807) is 31.4 Å². The summed E-state index contributed by atoms with van der Waals surface area (Å²) in [5.41, 5.74) is 1.78. The zero-order chi connectivity index (χ0) is 31.9. The minimum Gasteiger partial charge on any atom is -0.502 e. The molecule has 0 saturated carbocycles. The molecule has 1 aromatic heterocycles. The molecule has 2 aromatic carbocycles. The first-order valence-electron chi connectivity index (χ1n) is 14.4. The van der Waals surface area contributed by atoms with Crippen LogP contribution in [0.25, 0.3) is 0 Å². The Hall–Kier alpha value is -3.76. The highest BCUT2D eigenvalue weighted by Crippen LogP contribution is 2.46. The topological polar surface area (TPSA) is 110 Å². The Bertz CT molecular complexity index is 1280. The van der Waals surface area contributed by atoms with Crippen LogP contribution in [-0.4, -0.2) is 52.1 Å². The van der Waals surface area contributed by atoms with Crippen molar-refractivity contribution in [3.63, 3.8) is 0 Å². The van der Waals surface area contributed by atoms with Gasteiger partial charge in [-0.15, -0.1) is 11.3 Å². The lowest BCUT2D eigenvalue weighted by Crippen LogP contribution is -2.36. The SMILES string of the molecule is CC.CCC.COCC1C(OC(=O)c2ccc(C)s2)c2cc3c(cc2C[C@H]1C=O)OCO3.COc1cccc(OC)c1O. The molecule has 3 atom stereocenters. The number of rotatable bonds is 7. The highest BCUT2D eigenvalue weighted by molar-refractivity contribution is 7.13. The Balaban J connectivity index is 0.000000336. The summed E-state index contributed by atoms with van der Waals surface area (Å²) in [4.78, 5) is 26.0. The molecule has 3 aromatic rings. The number of carbonyl (C=O) groups is 2. The maximum Gasteiger partial charge on any atom is 0.348 e. The molecule has 9 nitrogen and oxygen atoms in total. The second kappa shape index (κ2) is 18.0. The van der Waals surface area contributed by atoms with Crippen LogP contribution < -0.4 is 18.9 Å². The fraction of sp³-hybridized carbons (Fsp3) is 0.455. The molecule has 10 heteroatoms. The molecule has 0 fully saturated rings. The Kier molecular flexibility index (Phi) is 14.9. The number of aryl methyl sites for hydroxylation is 1. The lowest BCUT2D eigenvalue weighted by molar-refractivity contribution is -0.116. The van der Waals surface area contributed by atoms with Crippen LogP contribution in [0, 0.1) is 18.8 Å². The first-order chi connectivity index (χ1) is 20.8. The van der Waals surface area contributed by atoms with E-state index in [0.29, 0.717) is 40.9 Å². The third-order valence-corrected chi connectivity index (χ3v) is 7.43. The first-order valence-corrected chi connectivity index (χ1v) is 15.2.